The summed E-state index contributed by atoms with van der Waals surface area (Å²) in [5.41, 5.74) is 7.97. The number of hydrogen-bond donors (Lipinski definition) is 1. The maximum absolute atomic E-state index is 11.9. The van der Waals surface area contributed by atoms with Gasteiger partial charge in [0.1, 0.15) is 5.36 Å². The lowest BCUT2D eigenvalue weighted by Crippen LogP contribution is -2.23. The monoisotopic (exact) mass is 387 g/mol. The van der Waals surface area contributed by atoms with Crippen LogP contribution in [0.3, 0.4) is 0 Å². The molecule has 2 aromatic rings. The fourth-order valence-electron chi connectivity index (χ4n) is 2.41. The Hall–Kier alpha value is -2.21. The minimum atomic E-state index is -0.316. The van der Waals surface area contributed by atoms with Gasteiger partial charge in [0.2, 0.25) is 0 Å². The van der Waals surface area contributed by atoms with Crippen LogP contribution in [0.1, 0.15) is 41.9 Å². The number of carbonyl (C=O) groups excluding carboxylic acids is 1. The highest BCUT2D eigenvalue weighted by atomic mass is 79.9. The molecule has 0 aromatic heterocycles. The number of anilines is 1. The van der Waals surface area contributed by atoms with E-state index in [9.17, 15) is 4.79 Å². The number of nitrogens with zero attached hydrogens (tertiary/aromatic N) is 2. The van der Waals surface area contributed by atoms with E-state index in [1.54, 1.807) is 18.2 Å². The van der Waals surface area contributed by atoms with Crippen molar-refractivity contribution in [3.05, 3.63) is 62.7 Å². The highest BCUT2D eigenvalue weighted by Gasteiger charge is 2.16. The molecule has 0 aliphatic carbocycles. The predicted octanol–water partition coefficient (Wildman–Crippen LogP) is 2.94. The number of rotatable bonds is 5. The Morgan fingerprint density at radius 3 is 2.67 bits per heavy atom. The van der Waals surface area contributed by atoms with E-state index in [0.717, 1.165) is 33.6 Å². The molecule has 0 radical (unpaired) electrons. The van der Waals surface area contributed by atoms with Gasteiger partial charge in [-0.2, -0.15) is 0 Å². The fourth-order valence-corrected chi connectivity index (χ4v) is 2.85. The van der Waals surface area contributed by atoms with Gasteiger partial charge in [-0.05, 0) is 52.2 Å². The van der Waals surface area contributed by atoms with Crippen LogP contribution in [0, 0.1) is 0 Å². The molecule has 24 heavy (non-hydrogen) atoms. The van der Waals surface area contributed by atoms with E-state index in [1.807, 2.05) is 18.2 Å². The summed E-state index contributed by atoms with van der Waals surface area (Å²) in [6, 6.07) is 10.9. The van der Waals surface area contributed by atoms with Crippen LogP contribution in [0.2, 0.25) is 0 Å². The highest BCUT2D eigenvalue weighted by molar-refractivity contribution is 9.10. The van der Waals surface area contributed by atoms with Gasteiger partial charge in [-0.3, -0.25) is 9.98 Å². The molecule has 2 aromatic carbocycles. The second-order valence-corrected chi connectivity index (χ2v) is 6.37. The van der Waals surface area contributed by atoms with Crippen LogP contribution in [0.5, 0.6) is 0 Å². The van der Waals surface area contributed by atoms with Gasteiger partial charge in [0.25, 0.3) is 0 Å². The largest absolute Gasteiger partial charge is 0.462 e. The zero-order valence-corrected chi connectivity index (χ0v) is 14.9. The van der Waals surface area contributed by atoms with Crippen molar-refractivity contribution in [1.29, 1.82) is 0 Å². The molecule has 6 heteroatoms. The van der Waals surface area contributed by atoms with Gasteiger partial charge in [0.05, 0.1) is 22.0 Å². The Balaban J connectivity index is 1.79. The molecule has 0 saturated carbocycles. The molecule has 0 saturated heterocycles. The molecule has 0 fully saturated rings. The van der Waals surface area contributed by atoms with Crippen LogP contribution in [0.15, 0.2) is 50.9 Å². The average molecular weight is 388 g/mol. The molecule has 1 heterocycles. The summed E-state index contributed by atoms with van der Waals surface area (Å²) in [5, 5.41) is 1.58. The van der Waals surface area contributed by atoms with E-state index < -0.39 is 0 Å². The summed E-state index contributed by atoms with van der Waals surface area (Å²) in [6.07, 6.45) is 1.56. The van der Waals surface area contributed by atoms with Gasteiger partial charge in [0, 0.05) is 5.69 Å². The average Bonchev–Trinajstić information content (AvgIpc) is 3.03. The zero-order chi connectivity index (χ0) is 17.1. The number of benzene rings is 2. The molecule has 1 aliphatic rings. The first-order chi connectivity index (χ1) is 11.6. The number of esters is 1. The minimum absolute atomic E-state index is 0.297. The molecule has 1 aliphatic heterocycles. The first kappa shape index (κ1) is 16.6. The second kappa shape index (κ2) is 7.13. The van der Waals surface area contributed by atoms with E-state index in [4.69, 9.17) is 10.5 Å². The van der Waals surface area contributed by atoms with Gasteiger partial charge in [-0.15, -0.1) is 0 Å². The third-order valence-corrected chi connectivity index (χ3v) is 4.65. The van der Waals surface area contributed by atoms with E-state index in [1.165, 1.54) is 0 Å². The van der Waals surface area contributed by atoms with Crippen LogP contribution < -0.4 is 16.4 Å². The van der Waals surface area contributed by atoms with Crippen molar-refractivity contribution in [1.82, 2.24) is 0 Å². The summed E-state index contributed by atoms with van der Waals surface area (Å²) >= 11 is 3.45. The van der Waals surface area contributed by atoms with Crippen molar-refractivity contribution in [2.45, 2.75) is 25.9 Å². The van der Waals surface area contributed by atoms with E-state index >= 15 is 0 Å². The smallest absolute Gasteiger partial charge is 0.338 e. The van der Waals surface area contributed by atoms with Crippen LogP contribution in [0.25, 0.3) is 0 Å². The third kappa shape index (κ3) is 3.33. The number of nitrogens with two attached hydrogens (primary N) is 1. The number of carbonyl (C=O) groups is 1. The van der Waals surface area contributed by atoms with E-state index in [0.29, 0.717) is 17.9 Å². The van der Waals surface area contributed by atoms with Crippen LogP contribution >= 0.6 is 15.9 Å². The number of ether oxygens (including phenoxy) is 1. The Morgan fingerprint density at radius 1 is 1.21 bits per heavy atom. The summed E-state index contributed by atoms with van der Waals surface area (Å²) in [5.74, 6) is -0.297. The Kier molecular flexibility index (Phi) is 4.94. The first-order valence-corrected chi connectivity index (χ1v) is 8.66. The lowest BCUT2D eigenvalue weighted by Gasteiger charge is -2.07. The summed E-state index contributed by atoms with van der Waals surface area (Å²) < 4.78 is 5.97. The maximum atomic E-state index is 11.9. The van der Waals surface area contributed by atoms with E-state index in [2.05, 4.69) is 32.8 Å². The Bertz CT molecular complexity index is 878. The molecule has 0 spiro atoms. The number of fused-ring (bicyclic) bond motifs is 1. The normalized spacial score (nSPS) is 15.3. The first-order valence-electron chi connectivity index (χ1n) is 7.87. The molecular weight excluding hydrogens is 370 g/mol. The molecule has 0 amide bonds. The number of unbranched alkanes of at least 4 members (excludes halogenated alkanes) is 1. The SMILES string of the molecule is CCCCOC(=O)c1ccc([C@H]2N=c3ccc(N)c(Br)c3=N2)cc1. The number of halogens is 1. The molecular formula is C18H18BrN3O2. The molecule has 5 nitrogen and oxygen atoms in total. The van der Waals surface area contributed by atoms with Gasteiger partial charge in [0.15, 0.2) is 6.17 Å². The highest BCUT2D eigenvalue weighted by Crippen LogP contribution is 2.22. The van der Waals surface area contributed by atoms with Gasteiger partial charge in [-0.25, -0.2) is 4.79 Å². The van der Waals surface area contributed by atoms with Crippen molar-refractivity contribution in [2.24, 2.45) is 9.98 Å². The van der Waals surface area contributed by atoms with Crippen molar-refractivity contribution in [3.8, 4) is 0 Å². The van der Waals surface area contributed by atoms with Gasteiger partial charge >= 0.3 is 5.97 Å². The molecule has 0 bridgehead atoms. The summed E-state index contributed by atoms with van der Waals surface area (Å²) in [4.78, 5) is 21.1. The predicted molar refractivity (Wildman–Crippen MR) is 95.2 cm³/mol. The molecule has 3 rings (SSSR count). The second-order valence-electron chi connectivity index (χ2n) is 5.58. The van der Waals surface area contributed by atoms with Gasteiger partial charge in [-0.1, -0.05) is 25.5 Å². The van der Waals surface area contributed by atoms with Crippen molar-refractivity contribution < 1.29 is 9.53 Å². The van der Waals surface area contributed by atoms with Crippen LogP contribution in [-0.2, 0) is 4.74 Å². The fraction of sp³-hybridized carbons (Fsp3) is 0.278. The number of hydrogen-bond acceptors (Lipinski definition) is 5. The number of nitrogen functional groups attached to an aromatic ring is 1. The maximum Gasteiger partial charge on any atom is 0.338 e. The zero-order valence-electron chi connectivity index (χ0n) is 13.3. The van der Waals surface area contributed by atoms with Crippen LogP contribution in [-0.4, -0.2) is 12.6 Å². The quantitative estimate of drug-likeness (QED) is 0.486. The van der Waals surface area contributed by atoms with Gasteiger partial charge < -0.3 is 10.5 Å². The Labute approximate surface area is 148 Å². The molecule has 2 N–H and O–H groups in total. The molecule has 1 atom stereocenters. The summed E-state index contributed by atoms with van der Waals surface area (Å²) in [7, 11) is 0. The minimum Gasteiger partial charge on any atom is -0.462 e. The summed E-state index contributed by atoms with van der Waals surface area (Å²) in [6.45, 7) is 2.51. The van der Waals surface area contributed by atoms with E-state index in [-0.39, 0.29) is 12.1 Å². The van der Waals surface area contributed by atoms with Crippen molar-refractivity contribution >= 4 is 27.6 Å². The van der Waals surface area contributed by atoms with Crippen LogP contribution in [0.4, 0.5) is 5.69 Å². The van der Waals surface area contributed by atoms with Crippen molar-refractivity contribution in [3.63, 3.8) is 0 Å². The molecule has 124 valence electrons. The topological polar surface area (TPSA) is 77.0 Å². The standard InChI is InChI=1S/C18H18BrN3O2/c1-2-3-10-24-18(23)12-6-4-11(5-7-12)17-21-14-9-8-13(20)15(19)16(14)22-17/h4-9,17H,2-3,10,20H2,1H3/t17-/m0/s1. The Morgan fingerprint density at radius 2 is 1.96 bits per heavy atom. The van der Waals surface area contributed by atoms with Crippen molar-refractivity contribution in [2.75, 3.05) is 12.3 Å². The molecule has 0 unspecified atom stereocenters. The lowest BCUT2D eigenvalue weighted by molar-refractivity contribution is 0.0499. The lowest BCUT2D eigenvalue weighted by atomic mass is 10.1. The third-order valence-electron chi connectivity index (χ3n) is 3.81.